The van der Waals surface area contributed by atoms with Crippen LogP contribution in [0, 0.1) is 11.3 Å². The summed E-state index contributed by atoms with van der Waals surface area (Å²) in [5, 5.41) is 0. The molecule has 2 aliphatic carbocycles. The van der Waals surface area contributed by atoms with Crippen molar-refractivity contribution >= 4 is 11.7 Å². The molecule has 19 heavy (non-hydrogen) atoms. The normalized spacial score (nSPS) is 31.3. The highest BCUT2D eigenvalue weighted by Crippen LogP contribution is 2.48. The van der Waals surface area contributed by atoms with Gasteiger partial charge in [-0.1, -0.05) is 0 Å². The number of hydrogen-bond donors (Lipinski definition) is 0. The zero-order valence-corrected chi connectivity index (χ0v) is 12.2. The maximum Gasteiger partial charge on any atom is 0.309 e. The van der Waals surface area contributed by atoms with E-state index in [1.165, 1.54) is 0 Å². The molecule has 4 nitrogen and oxygen atoms in total. The molecular formula is C15H24N2O2. The Labute approximate surface area is 115 Å². The zero-order valence-electron chi connectivity index (χ0n) is 12.2. The molecular weight excluding hydrogens is 240 g/mol. The van der Waals surface area contributed by atoms with Crippen LogP contribution in [0.25, 0.3) is 5.53 Å². The molecule has 0 heterocycles. The van der Waals surface area contributed by atoms with Gasteiger partial charge in [-0.25, -0.2) is 0 Å². The molecule has 0 aromatic rings. The largest absolute Gasteiger partial charge is 0.460 e. The molecule has 2 aliphatic rings. The predicted molar refractivity (Wildman–Crippen MR) is 72.7 cm³/mol. The van der Waals surface area contributed by atoms with Gasteiger partial charge in [0.15, 0.2) is 0 Å². The molecule has 4 heteroatoms. The summed E-state index contributed by atoms with van der Waals surface area (Å²) in [6, 6.07) is 0. The molecule has 0 unspecified atom stereocenters. The molecule has 0 N–H and O–H groups in total. The van der Waals surface area contributed by atoms with E-state index in [2.05, 4.69) is 4.79 Å². The van der Waals surface area contributed by atoms with Crippen LogP contribution in [-0.4, -0.2) is 22.1 Å². The standard InChI is InChI=1S/C15H24N2O2/c1-14(2,3)19-13(18)11-6-9-15(10-7-11)8-4-5-12(15)17-16/h11H,4-10H2,1-3H3. The average molecular weight is 264 g/mol. The second-order valence-corrected chi connectivity index (χ2v) is 6.99. The van der Waals surface area contributed by atoms with Crippen molar-refractivity contribution in [3.63, 3.8) is 0 Å². The highest BCUT2D eigenvalue weighted by atomic mass is 16.6. The average Bonchev–Trinajstić information content (AvgIpc) is 2.70. The van der Waals surface area contributed by atoms with Crippen molar-refractivity contribution in [2.75, 3.05) is 0 Å². The van der Waals surface area contributed by atoms with Gasteiger partial charge in [-0.2, -0.15) is 4.79 Å². The Morgan fingerprint density at radius 3 is 2.47 bits per heavy atom. The number of carbonyl (C=O) groups excluding carboxylic acids is 1. The van der Waals surface area contributed by atoms with Crippen molar-refractivity contribution in [2.45, 2.75) is 71.3 Å². The van der Waals surface area contributed by atoms with Gasteiger partial charge in [0, 0.05) is 6.42 Å². The number of ether oxygens (including phenoxy) is 1. The Balaban J connectivity index is 1.96. The summed E-state index contributed by atoms with van der Waals surface area (Å²) >= 11 is 0. The van der Waals surface area contributed by atoms with Gasteiger partial charge >= 0.3 is 5.97 Å². The Bertz CT molecular complexity index is 408. The van der Waals surface area contributed by atoms with Gasteiger partial charge < -0.3 is 10.3 Å². The molecule has 0 aromatic heterocycles. The van der Waals surface area contributed by atoms with E-state index in [1.807, 2.05) is 20.8 Å². The highest BCUT2D eigenvalue weighted by molar-refractivity contribution is 5.87. The van der Waals surface area contributed by atoms with Crippen LogP contribution >= 0.6 is 0 Å². The fraction of sp³-hybridized carbons (Fsp3) is 0.867. The number of carbonyl (C=O) groups is 1. The van der Waals surface area contributed by atoms with Gasteiger partial charge in [-0.05, 0) is 59.3 Å². The summed E-state index contributed by atoms with van der Waals surface area (Å²) in [5.74, 6) is -0.0479. The van der Waals surface area contributed by atoms with Crippen molar-refractivity contribution in [3.05, 3.63) is 5.53 Å². The van der Waals surface area contributed by atoms with Gasteiger partial charge in [0.1, 0.15) is 5.60 Å². The van der Waals surface area contributed by atoms with E-state index in [0.29, 0.717) is 0 Å². The molecule has 0 aliphatic heterocycles. The third-order valence-electron chi connectivity index (χ3n) is 4.48. The Hall–Kier alpha value is -1.15. The quantitative estimate of drug-likeness (QED) is 0.414. The van der Waals surface area contributed by atoms with Crippen molar-refractivity contribution in [3.8, 4) is 0 Å². The monoisotopic (exact) mass is 264 g/mol. The smallest absolute Gasteiger partial charge is 0.309 e. The van der Waals surface area contributed by atoms with Crippen molar-refractivity contribution in [2.24, 2.45) is 11.3 Å². The minimum atomic E-state index is -0.405. The van der Waals surface area contributed by atoms with E-state index in [9.17, 15) is 4.79 Å². The number of nitrogens with zero attached hydrogens (tertiary/aromatic N) is 2. The molecule has 106 valence electrons. The zero-order chi connectivity index (χ0) is 14.1. The van der Waals surface area contributed by atoms with Crippen molar-refractivity contribution in [1.82, 2.24) is 0 Å². The molecule has 2 fully saturated rings. The third-order valence-corrected chi connectivity index (χ3v) is 4.48. The van der Waals surface area contributed by atoms with Gasteiger partial charge in [-0.15, -0.1) is 0 Å². The molecule has 0 amide bonds. The van der Waals surface area contributed by atoms with E-state index in [0.717, 1.165) is 50.7 Å². The molecule has 0 bridgehead atoms. The second-order valence-electron chi connectivity index (χ2n) is 6.99. The van der Waals surface area contributed by atoms with Crippen LogP contribution in [-0.2, 0) is 9.53 Å². The van der Waals surface area contributed by atoms with Crippen LogP contribution in [0.4, 0.5) is 0 Å². The van der Waals surface area contributed by atoms with Crippen LogP contribution in [0.2, 0.25) is 0 Å². The molecule has 0 aromatic carbocycles. The SMILES string of the molecule is CC(C)(C)OC(=O)C1CCC2(CCCC2=[N+]=[N-])CC1. The first-order valence-corrected chi connectivity index (χ1v) is 7.31. The highest BCUT2D eigenvalue weighted by Gasteiger charge is 2.49. The van der Waals surface area contributed by atoms with E-state index in [-0.39, 0.29) is 17.3 Å². The number of esters is 1. The van der Waals surface area contributed by atoms with Crippen LogP contribution in [0.5, 0.6) is 0 Å². The minimum absolute atomic E-state index is 0.0189. The van der Waals surface area contributed by atoms with E-state index in [1.54, 1.807) is 0 Å². The fourth-order valence-electron chi connectivity index (χ4n) is 3.49. The van der Waals surface area contributed by atoms with E-state index >= 15 is 0 Å². The third kappa shape index (κ3) is 3.06. The lowest BCUT2D eigenvalue weighted by atomic mass is 9.68. The minimum Gasteiger partial charge on any atom is -0.460 e. The molecule has 0 radical (unpaired) electrons. The Kier molecular flexibility index (Phi) is 3.82. The van der Waals surface area contributed by atoms with Crippen molar-refractivity contribution < 1.29 is 14.3 Å². The first-order valence-electron chi connectivity index (χ1n) is 7.31. The van der Waals surface area contributed by atoms with Crippen LogP contribution in [0.1, 0.15) is 65.7 Å². The lowest BCUT2D eigenvalue weighted by Gasteiger charge is -2.34. The van der Waals surface area contributed by atoms with E-state index in [4.69, 9.17) is 10.3 Å². The van der Waals surface area contributed by atoms with Crippen LogP contribution in [0.15, 0.2) is 0 Å². The van der Waals surface area contributed by atoms with Gasteiger partial charge in [0.25, 0.3) is 5.71 Å². The van der Waals surface area contributed by atoms with Gasteiger partial charge in [0.05, 0.1) is 11.3 Å². The lowest BCUT2D eigenvalue weighted by Crippen LogP contribution is -2.36. The summed E-state index contributed by atoms with van der Waals surface area (Å²) < 4.78 is 5.46. The summed E-state index contributed by atoms with van der Waals surface area (Å²) in [4.78, 5) is 15.6. The molecule has 1 spiro atoms. The predicted octanol–water partition coefficient (Wildman–Crippen LogP) is 3.36. The summed E-state index contributed by atoms with van der Waals surface area (Å²) in [7, 11) is 0. The molecule has 2 saturated carbocycles. The lowest BCUT2D eigenvalue weighted by molar-refractivity contribution is -0.161. The number of hydrogen-bond acceptors (Lipinski definition) is 2. The summed E-state index contributed by atoms with van der Waals surface area (Å²) in [5.41, 5.74) is 9.73. The van der Waals surface area contributed by atoms with Crippen LogP contribution < -0.4 is 0 Å². The Morgan fingerprint density at radius 1 is 1.32 bits per heavy atom. The first-order chi connectivity index (χ1) is 8.86. The van der Waals surface area contributed by atoms with Gasteiger partial charge in [0.2, 0.25) is 0 Å². The molecule has 2 rings (SSSR count). The molecule has 0 saturated heterocycles. The van der Waals surface area contributed by atoms with Crippen molar-refractivity contribution in [1.29, 1.82) is 0 Å². The maximum atomic E-state index is 12.1. The second kappa shape index (κ2) is 5.09. The summed E-state index contributed by atoms with van der Waals surface area (Å²) in [6.45, 7) is 5.72. The van der Waals surface area contributed by atoms with E-state index < -0.39 is 5.60 Å². The van der Waals surface area contributed by atoms with Gasteiger partial charge in [-0.3, -0.25) is 4.79 Å². The summed E-state index contributed by atoms with van der Waals surface area (Å²) in [6.07, 6.45) is 6.74. The topological polar surface area (TPSA) is 62.7 Å². The fourth-order valence-corrected chi connectivity index (χ4v) is 3.49. The first kappa shape index (κ1) is 14.3. The molecule has 0 atom stereocenters. The number of rotatable bonds is 1. The maximum absolute atomic E-state index is 12.1. The van der Waals surface area contributed by atoms with Crippen LogP contribution in [0.3, 0.4) is 0 Å². The Morgan fingerprint density at radius 2 is 1.95 bits per heavy atom.